The van der Waals surface area contributed by atoms with Gasteiger partial charge in [-0.15, -0.1) is 24.0 Å². The van der Waals surface area contributed by atoms with Gasteiger partial charge in [-0.3, -0.25) is 9.89 Å². The fraction of sp³-hybridized carbons (Fsp3) is 0.435. The highest BCUT2D eigenvalue weighted by molar-refractivity contribution is 14.0. The van der Waals surface area contributed by atoms with Crippen LogP contribution in [0.2, 0.25) is 0 Å². The molecule has 3 rings (SSSR count). The van der Waals surface area contributed by atoms with Gasteiger partial charge in [-0.05, 0) is 48.6 Å². The SMILES string of the molecule is CN=C(NCc1ccc(CN2CCC(O)CC2)cc1)NC(C)c1ccc(F)c(F)c1.I. The van der Waals surface area contributed by atoms with E-state index in [0.717, 1.165) is 44.1 Å². The number of benzene rings is 2. The number of hydrogen-bond acceptors (Lipinski definition) is 3. The van der Waals surface area contributed by atoms with Gasteiger partial charge >= 0.3 is 0 Å². The molecule has 8 heteroatoms. The summed E-state index contributed by atoms with van der Waals surface area (Å²) in [6.07, 6.45) is 1.54. The van der Waals surface area contributed by atoms with Crippen LogP contribution in [0.3, 0.4) is 0 Å². The summed E-state index contributed by atoms with van der Waals surface area (Å²) in [6, 6.07) is 12.1. The summed E-state index contributed by atoms with van der Waals surface area (Å²) in [7, 11) is 1.67. The first-order valence-corrected chi connectivity index (χ1v) is 10.3. The van der Waals surface area contributed by atoms with Crippen LogP contribution in [-0.2, 0) is 13.1 Å². The molecule has 1 atom stereocenters. The van der Waals surface area contributed by atoms with Crippen LogP contribution in [0.15, 0.2) is 47.5 Å². The minimum atomic E-state index is -0.857. The smallest absolute Gasteiger partial charge is 0.191 e. The van der Waals surface area contributed by atoms with Crippen molar-refractivity contribution in [2.45, 2.75) is 45.0 Å². The van der Waals surface area contributed by atoms with Crippen molar-refractivity contribution in [2.75, 3.05) is 20.1 Å². The van der Waals surface area contributed by atoms with E-state index in [1.165, 1.54) is 11.6 Å². The summed E-state index contributed by atoms with van der Waals surface area (Å²) in [5, 5.41) is 16.1. The molecule has 5 nitrogen and oxygen atoms in total. The number of hydrogen-bond donors (Lipinski definition) is 3. The topological polar surface area (TPSA) is 59.9 Å². The average Bonchev–Trinajstić information content (AvgIpc) is 2.75. The fourth-order valence-electron chi connectivity index (χ4n) is 3.55. The number of aliphatic hydroxyl groups is 1. The second kappa shape index (κ2) is 12.3. The highest BCUT2D eigenvalue weighted by atomic mass is 127. The zero-order chi connectivity index (χ0) is 21.5. The lowest BCUT2D eigenvalue weighted by atomic mass is 10.1. The van der Waals surface area contributed by atoms with Crippen LogP contribution in [0, 0.1) is 11.6 Å². The Hall–Kier alpha value is -1.78. The third-order valence-corrected chi connectivity index (χ3v) is 5.47. The Morgan fingerprint density at radius 1 is 1.10 bits per heavy atom. The van der Waals surface area contributed by atoms with Crippen molar-refractivity contribution in [1.82, 2.24) is 15.5 Å². The van der Waals surface area contributed by atoms with Gasteiger partial charge in [-0.2, -0.15) is 0 Å². The Kier molecular flexibility index (Phi) is 10.1. The lowest BCUT2D eigenvalue weighted by Gasteiger charge is -2.29. The van der Waals surface area contributed by atoms with Gasteiger partial charge in [0.2, 0.25) is 0 Å². The Morgan fingerprint density at radius 2 is 1.74 bits per heavy atom. The van der Waals surface area contributed by atoms with E-state index in [9.17, 15) is 13.9 Å². The molecule has 1 unspecified atom stereocenters. The van der Waals surface area contributed by atoms with Crippen molar-refractivity contribution in [1.29, 1.82) is 0 Å². The lowest BCUT2D eigenvalue weighted by molar-refractivity contribution is 0.0792. The molecule has 31 heavy (non-hydrogen) atoms. The van der Waals surface area contributed by atoms with Crippen LogP contribution >= 0.6 is 24.0 Å². The maximum absolute atomic E-state index is 13.5. The van der Waals surface area contributed by atoms with Crippen molar-refractivity contribution < 1.29 is 13.9 Å². The number of likely N-dealkylation sites (tertiary alicyclic amines) is 1. The molecule has 2 aromatic carbocycles. The normalized spacial score (nSPS) is 16.5. The van der Waals surface area contributed by atoms with Crippen molar-refractivity contribution in [3.63, 3.8) is 0 Å². The molecule has 170 valence electrons. The zero-order valence-electron chi connectivity index (χ0n) is 17.9. The van der Waals surface area contributed by atoms with Crippen molar-refractivity contribution in [3.8, 4) is 0 Å². The van der Waals surface area contributed by atoms with Crippen molar-refractivity contribution in [2.24, 2.45) is 4.99 Å². The second-order valence-electron chi connectivity index (χ2n) is 7.79. The van der Waals surface area contributed by atoms with Crippen molar-refractivity contribution >= 4 is 29.9 Å². The summed E-state index contributed by atoms with van der Waals surface area (Å²) >= 11 is 0. The molecule has 0 amide bonds. The molecule has 0 spiro atoms. The van der Waals surface area contributed by atoms with Gasteiger partial charge in [0.05, 0.1) is 12.1 Å². The second-order valence-corrected chi connectivity index (χ2v) is 7.79. The van der Waals surface area contributed by atoms with Crippen LogP contribution in [0.1, 0.15) is 42.5 Å². The van der Waals surface area contributed by atoms with E-state index in [-0.39, 0.29) is 36.1 Å². The predicted molar refractivity (Wildman–Crippen MR) is 130 cm³/mol. The molecular weight excluding hydrogens is 513 g/mol. The third kappa shape index (κ3) is 7.69. The summed E-state index contributed by atoms with van der Waals surface area (Å²) < 4.78 is 26.6. The molecule has 0 aromatic heterocycles. The molecule has 1 aliphatic heterocycles. The van der Waals surface area contributed by atoms with E-state index < -0.39 is 11.6 Å². The first-order chi connectivity index (χ1) is 14.4. The largest absolute Gasteiger partial charge is 0.393 e. The highest BCUT2D eigenvalue weighted by Crippen LogP contribution is 2.16. The summed E-state index contributed by atoms with van der Waals surface area (Å²) in [6.45, 7) is 5.23. The highest BCUT2D eigenvalue weighted by Gasteiger charge is 2.16. The molecule has 0 bridgehead atoms. The third-order valence-electron chi connectivity index (χ3n) is 5.47. The van der Waals surface area contributed by atoms with E-state index in [2.05, 4.69) is 44.8 Å². The molecule has 1 aliphatic rings. The van der Waals surface area contributed by atoms with Gasteiger partial charge in [0.15, 0.2) is 17.6 Å². The van der Waals surface area contributed by atoms with Crippen LogP contribution in [0.5, 0.6) is 0 Å². The first kappa shape index (κ1) is 25.5. The lowest BCUT2D eigenvalue weighted by Crippen LogP contribution is -2.38. The van der Waals surface area contributed by atoms with E-state index in [0.29, 0.717) is 18.1 Å². The van der Waals surface area contributed by atoms with Gasteiger partial charge in [-0.25, -0.2) is 8.78 Å². The number of piperidine rings is 1. The first-order valence-electron chi connectivity index (χ1n) is 10.3. The predicted octanol–water partition coefficient (Wildman–Crippen LogP) is 3.97. The molecule has 2 aromatic rings. The van der Waals surface area contributed by atoms with Gasteiger partial charge in [0, 0.05) is 33.2 Å². The van der Waals surface area contributed by atoms with E-state index in [4.69, 9.17) is 0 Å². The Balaban J connectivity index is 0.00000341. The average molecular weight is 544 g/mol. The minimum absolute atomic E-state index is 0. The summed E-state index contributed by atoms with van der Waals surface area (Å²) in [5.74, 6) is -1.12. The minimum Gasteiger partial charge on any atom is -0.393 e. The number of guanidine groups is 1. The Bertz CT molecular complexity index is 855. The van der Waals surface area contributed by atoms with Crippen LogP contribution in [-0.4, -0.2) is 42.2 Å². The molecule has 1 fully saturated rings. The number of nitrogens with one attached hydrogen (secondary N) is 2. The van der Waals surface area contributed by atoms with Crippen LogP contribution in [0.25, 0.3) is 0 Å². The van der Waals surface area contributed by atoms with E-state index >= 15 is 0 Å². The number of aliphatic imine (C=N–C) groups is 1. The fourth-order valence-corrected chi connectivity index (χ4v) is 3.55. The monoisotopic (exact) mass is 544 g/mol. The van der Waals surface area contributed by atoms with Gasteiger partial charge in [0.25, 0.3) is 0 Å². The number of nitrogens with zero attached hydrogens (tertiary/aromatic N) is 2. The maximum atomic E-state index is 13.5. The van der Waals surface area contributed by atoms with Gasteiger partial charge in [-0.1, -0.05) is 30.3 Å². The summed E-state index contributed by atoms with van der Waals surface area (Å²) in [5.41, 5.74) is 3.02. The molecule has 3 N–H and O–H groups in total. The molecule has 1 saturated heterocycles. The molecule has 0 radical (unpaired) electrons. The maximum Gasteiger partial charge on any atom is 0.191 e. The van der Waals surface area contributed by atoms with E-state index in [1.807, 2.05) is 6.92 Å². The number of rotatable bonds is 6. The molecule has 0 aliphatic carbocycles. The molecule has 1 heterocycles. The van der Waals surface area contributed by atoms with E-state index in [1.54, 1.807) is 13.1 Å². The standard InChI is InChI=1S/C23H30F2N4O.HI/c1-16(19-7-8-21(24)22(25)13-19)28-23(26-2)27-14-17-3-5-18(6-4-17)15-29-11-9-20(30)10-12-29;/h3-8,13,16,20,30H,9-12,14-15H2,1-2H3,(H2,26,27,28);1H. The molecule has 0 saturated carbocycles. The van der Waals surface area contributed by atoms with Gasteiger partial charge in [0.1, 0.15) is 0 Å². The summed E-state index contributed by atoms with van der Waals surface area (Å²) in [4.78, 5) is 6.58. The van der Waals surface area contributed by atoms with Gasteiger partial charge < -0.3 is 15.7 Å². The zero-order valence-corrected chi connectivity index (χ0v) is 20.3. The number of aliphatic hydroxyl groups excluding tert-OH is 1. The van der Waals surface area contributed by atoms with Crippen molar-refractivity contribution in [3.05, 3.63) is 70.8 Å². The molecular formula is C23H31F2IN4O. The van der Waals surface area contributed by atoms with Crippen LogP contribution in [0.4, 0.5) is 8.78 Å². The quantitative estimate of drug-likeness (QED) is 0.293. The van der Waals surface area contributed by atoms with Crippen LogP contribution < -0.4 is 10.6 Å². The Morgan fingerprint density at radius 3 is 2.35 bits per heavy atom. The number of halogens is 3. The Labute approximate surface area is 200 Å².